The van der Waals surface area contributed by atoms with Crippen molar-refractivity contribution in [1.82, 2.24) is 9.55 Å². The van der Waals surface area contributed by atoms with Gasteiger partial charge in [0.15, 0.2) is 0 Å². The second-order valence-electron chi connectivity index (χ2n) is 6.61. The van der Waals surface area contributed by atoms with Gasteiger partial charge in [0, 0.05) is 23.5 Å². The van der Waals surface area contributed by atoms with E-state index < -0.39 is 0 Å². The lowest BCUT2D eigenvalue weighted by Gasteiger charge is -2.13. The molecule has 5 nitrogen and oxygen atoms in total. The van der Waals surface area contributed by atoms with Gasteiger partial charge in [-0.15, -0.1) is 11.8 Å². The van der Waals surface area contributed by atoms with E-state index in [2.05, 4.69) is 10.3 Å². The van der Waals surface area contributed by atoms with Gasteiger partial charge < -0.3 is 9.88 Å². The lowest BCUT2D eigenvalue weighted by atomic mass is 10.1. The fraction of sp³-hybridized carbons (Fsp3) is 0.286. The summed E-state index contributed by atoms with van der Waals surface area (Å²) in [5, 5.41) is 2.91. The summed E-state index contributed by atoms with van der Waals surface area (Å²) in [5.41, 5.74) is 4.84. The summed E-state index contributed by atoms with van der Waals surface area (Å²) in [6, 6.07) is 11.7. The molecule has 0 aliphatic carbocycles. The van der Waals surface area contributed by atoms with Crippen molar-refractivity contribution in [3.63, 3.8) is 0 Å². The molecule has 0 aliphatic rings. The first-order chi connectivity index (χ1) is 12.9. The smallest absolute Gasteiger partial charge is 0.272 e. The van der Waals surface area contributed by atoms with Crippen LogP contribution in [-0.4, -0.2) is 21.7 Å². The molecule has 0 saturated heterocycles. The summed E-state index contributed by atoms with van der Waals surface area (Å²) in [6.07, 6.45) is 2.21. The number of fused-ring (bicyclic) bond motifs is 1. The Morgan fingerprint density at radius 2 is 1.89 bits per heavy atom. The van der Waals surface area contributed by atoms with Crippen LogP contribution in [0.25, 0.3) is 11.0 Å². The maximum atomic E-state index is 12.6. The molecule has 1 aromatic heterocycles. The molecule has 3 aromatic rings. The van der Waals surface area contributed by atoms with Crippen LogP contribution in [-0.2, 0) is 11.3 Å². The average molecular weight is 382 g/mol. The highest BCUT2D eigenvalue weighted by Crippen LogP contribution is 2.20. The van der Waals surface area contributed by atoms with Crippen LogP contribution in [0.3, 0.4) is 0 Å². The van der Waals surface area contributed by atoms with E-state index in [1.807, 2.05) is 56.5 Å². The van der Waals surface area contributed by atoms with E-state index in [9.17, 15) is 9.59 Å². The largest absolute Gasteiger partial charge is 0.326 e. The highest BCUT2D eigenvalue weighted by molar-refractivity contribution is 7.98. The predicted molar refractivity (Wildman–Crippen MR) is 112 cm³/mol. The molecule has 140 valence electrons. The fourth-order valence-corrected chi connectivity index (χ4v) is 3.44. The molecule has 0 unspecified atom stereocenters. The van der Waals surface area contributed by atoms with E-state index in [-0.39, 0.29) is 17.9 Å². The Morgan fingerprint density at radius 3 is 2.63 bits per heavy atom. The summed E-state index contributed by atoms with van der Waals surface area (Å²) in [6.45, 7) is 6.06. The zero-order valence-corrected chi connectivity index (χ0v) is 16.8. The van der Waals surface area contributed by atoms with Crippen LogP contribution < -0.4 is 10.9 Å². The number of thioether (sulfide) groups is 1. The second-order valence-corrected chi connectivity index (χ2v) is 7.49. The monoisotopic (exact) mass is 381 g/mol. The van der Waals surface area contributed by atoms with Crippen molar-refractivity contribution in [2.75, 3.05) is 11.6 Å². The summed E-state index contributed by atoms with van der Waals surface area (Å²) in [5.74, 6) is -0.119. The third kappa shape index (κ3) is 4.22. The Hall–Kier alpha value is -2.60. The van der Waals surface area contributed by atoms with E-state index in [1.165, 1.54) is 0 Å². The lowest BCUT2D eigenvalue weighted by Crippen LogP contribution is -2.26. The first kappa shape index (κ1) is 19.2. The number of aryl methyl sites for hydroxylation is 4. The quantitative estimate of drug-likeness (QED) is 0.677. The van der Waals surface area contributed by atoms with Gasteiger partial charge in [-0.3, -0.25) is 9.59 Å². The highest BCUT2D eigenvalue weighted by Gasteiger charge is 2.11. The van der Waals surface area contributed by atoms with Gasteiger partial charge in [-0.1, -0.05) is 6.07 Å². The molecule has 0 bridgehead atoms. The van der Waals surface area contributed by atoms with Gasteiger partial charge in [0.2, 0.25) is 5.91 Å². The lowest BCUT2D eigenvalue weighted by molar-refractivity contribution is -0.116. The third-order valence-electron chi connectivity index (χ3n) is 4.64. The van der Waals surface area contributed by atoms with Gasteiger partial charge in [-0.05, 0) is 68.5 Å². The third-order valence-corrected chi connectivity index (χ3v) is 5.37. The Bertz CT molecular complexity index is 1070. The molecule has 0 aliphatic heterocycles. The number of hydrogen-bond donors (Lipinski definition) is 1. The Morgan fingerprint density at radius 1 is 1.15 bits per heavy atom. The topological polar surface area (TPSA) is 64.0 Å². The molecule has 27 heavy (non-hydrogen) atoms. The molecule has 1 amide bonds. The molecule has 0 atom stereocenters. The van der Waals surface area contributed by atoms with Crippen molar-refractivity contribution >= 4 is 34.4 Å². The number of nitrogens with zero attached hydrogens (tertiary/aromatic N) is 2. The molecular formula is C21H23N3O2S. The number of carbonyl (C=O) groups excluding carboxylic acids is 1. The van der Waals surface area contributed by atoms with Gasteiger partial charge in [-0.25, -0.2) is 4.98 Å². The van der Waals surface area contributed by atoms with Crippen LogP contribution in [0.15, 0.2) is 46.1 Å². The van der Waals surface area contributed by atoms with Crippen LogP contribution in [0, 0.1) is 20.8 Å². The predicted octanol–water partition coefficient (Wildman–Crippen LogP) is 4.07. The Balaban J connectivity index is 1.83. The average Bonchev–Trinajstić information content (AvgIpc) is 2.64. The van der Waals surface area contributed by atoms with Crippen molar-refractivity contribution in [3.8, 4) is 0 Å². The zero-order chi connectivity index (χ0) is 19.6. The van der Waals surface area contributed by atoms with Crippen LogP contribution >= 0.6 is 11.8 Å². The molecule has 3 rings (SSSR count). The van der Waals surface area contributed by atoms with Crippen LogP contribution in [0.1, 0.15) is 23.2 Å². The second kappa shape index (κ2) is 7.96. The van der Waals surface area contributed by atoms with Gasteiger partial charge >= 0.3 is 0 Å². The van der Waals surface area contributed by atoms with Crippen LogP contribution in [0.5, 0.6) is 0 Å². The normalized spacial score (nSPS) is 11.0. The summed E-state index contributed by atoms with van der Waals surface area (Å²) >= 11 is 1.62. The summed E-state index contributed by atoms with van der Waals surface area (Å²) in [4.78, 5) is 30.5. The highest BCUT2D eigenvalue weighted by atomic mass is 32.2. The van der Waals surface area contributed by atoms with Crippen molar-refractivity contribution in [2.24, 2.45) is 0 Å². The molecule has 6 heteroatoms. The minimum absolute atomic E-state index is 0.119. The molecule has 0 radical (unpaired) electrons. The number of amides is 1. The molecule has 1 N–H and O–H groups in total. The number of benzene rings is 2. The Kier molecular flexibility index (Phi) is 5.65. The SMILES string of the molecule is CSc1cccc(NC(=O)CCn2c(=O)c(C)nc3cc(C)c(C)cc32)c1. The zero-order valence-electron chi connectivity index (χ0n) is 16.0. The van der Waals surface area contributed by atoms with Gasteiger partial charge in [-0.2, -0.15) is 0 Å². The van der Waals surface area contributed by atoms with E-state index in [0.29, 0.717) is 12.2 Å². The minimum atomic E-state index is -0.150. The van der Waals surface area contributed by atoms with E-state index >= 15 is 0 Å². The van der Waals surface area contributed by atoms with Crippen molar-refractivity contribution in [3.05, 3.63) is 63.6 Å². The van der Waals surface area contributed by atoms with Gasteiger partial charge in [0.1, 0.15) is 5.69 Å². The van der Waals surface area contributed by atoms with Crippen LogP contribution in [0.4, 0.5) is 5.69 Å². The van der Waals surface area contributed by atoms with Gasteiger partial charge in [0.05, 0.1) is 11.0 Å². The number of carbonyl (C=O) groups is 1. The number of nitrogens with one attached hydrogen (secondary N) is 1. The number of anilines is 1. The number of rotatable bonds is 5. The first-order valence-corrected chi connectivity index (χ1v) is 10.0. The number of aromatic nitrogens is 2. The van der Waals surface area contributed by atoms with E-state index in [0.717, 1.165) is 32.7 Å². The van der Waals surface area contributed by atoms with E-state index in [1.54, 1.807) is 23.3 Å². The van der Waals surface area contributed by atoms with Crippen molar-refractivity contribution < 1.29 is 4.79 Å². The maximum Gasteiger partial charge on any atom is 0.272 e. The first-order valence-electron chi connectivity index (χ1n) is 8.81. The molecule has 1 heterocycles. The molecule has 0 fully saturated rings. The van der Waals surface area contributed by atoms with Crippen molar-refractivity contribution in [1.29, 1.82) is 0 Å². The number of hydrogen-bond acceptors (Lipinski definition) is 4. The summed E-state index contributed by atoms with van der Waals surface area (Å²) < 4.78 is 1.65. The fourth-order valence-electron chi connectivity index (χ4n) is 2.98. The van der Waals surface area contributed by atoms with Crippen LogP contribution in [0.2, 0.25) is 0 Å². The Labute approximate surface area is 162 Å². The van der Waals surface area contributed by atoms with Gasteiger partial charge in [0.25, 0.3) is 5.56 Å². The van der Waals surface area contributed by atoms with Crippen molar-refractivity contribution in [2.45, 2.75) is 38.6 Å². The molecular weight excluding hydrogens is 358 g/mol. The molecule has 2 aromatic carbocycles. The minimum Gasteiger partial charge on any atom is -0.326 e. The standard InChI is InChI=1S/C21H23N3O2S/c1-13-10-18-19(11-14(13)2)24(21(26)15(3)22-18)9-8-20(25)23-16-6-5-7-17(12-16)27-4/h5-7,10-12H,8-9H2,1-4H3,(H,23,25). The maximum absolute atomic E-state index is 12.6. The molecule has 0 saturated carbocycles. The summed E-state index contributed by atoms with van der Waals surface area (Å²) in [7, 11) is 0. The van der Waals surface area contributed by atoms with E-state index in [4.69, 9.17) is 0 Å². The molecule has 0 spiro atoms.